The molecule has 1 aliphatic heterocycles. The Balaban J connectivity index is 1.66. The van der Waals surface area contributed by atoms with Crippen molar-refractivity contribution in [2.24, 2.45) is 0 Å². The van der Waals surface area contributed by atoms with Crippen molar-refractivity contribution in [3.05, 3.63) is 44.9 Å². The number of fused-ring (bicyclic) bond motifs is 2. The van der Waals surface area contributed by atoms with Gasteiger partial charge >= 0.3 is 6.03 Å². The number of hydrogen-bond donors (Lipinski definition) is 1. The molecule has 1 saturated heterocycles. The largest absolute Gasteiger partial charge is 0.325 e. The van der Waals surface area contributed by atoms with E-state index in [1.54, 1.807) is 23.5 Å². The molecule has 1 N–H and O–H groups in total. The molecule has 0 bridgehead atoms. The molecule has 0 aromatic carbocycles. The van der Waals surface area contributed by atoms with Crippen LogP contribution in [0.3, 0.4) is 0 Å². The van der Waals surface area contributed by atoms with Crippen molar-refractivity contribution in [2.45, 2.75) is 31.3 Å². The summed E-state index contributed by atoms with van der Waals surface area (Å²) in [7, 11) is 0. The highest BCUT2D eigenvalue weighted by molar-refractivity contribution is 7.10. The van der Waals surface area contributed by atoms with E-state index in [0.29, 0.717) is 12.1 Å². The van der Waals surface area contributed by atoms with E-state index in [9.17, 15) is 9.59 Å². The highest BCUT2D eigenvalue weighted by atomic mass is 35.5. The first kappa shape index (κ1) is 14.6. The molecule has 6 nitrogen and oxygen atoms in total. The highest BCUT2D eigenvalue weighted by Crippen LogP contribution is 2.42. The van der Waals surface area contributed by atoms with Gasteiger partial charge in [0.05, 0.1) is 12.2 Å². The van der Waals surface area contributed by atoms with Crippen LogP contribution >= 0.6 is 22.9 Å². The molecule has 3 heterocycles. The zero-order valence-corrected chi connectivity index (χ0v) is 13.7. The molecule has 1 spiro atoms. The van der Waals surface area contributed by atoms with E-state index in [4.69, 9.17) is 11.6 Å². The van der Waals surface area contributed by atoms with Crippen molar-refractivity contribution < 1.29 is 9.59 Å². The molecule has 0 radical (unpaired) electrons. The Bertz CT molecular complexity index is 791. The third kappa shape index (κ3) is 2.22. The van der Waals surface area contributed by atoms with Gasteiger partial charge in [-0.1, -0.05) is 11.6 Å². The number of nitrogens with one attached hydrogen (secondary N) is 1. The summed E-state index contributed by atoms with van der Waals surface area (Å²) in [5.41, 5.74) is 0.554. The van der Waals surface area contributed by atoms with Crippen molar-refractivity contribution in [1.29, 1.82) is 0 Å². The van der Waals surface area contributed by atoms with Crippen molar-refractivity contribution in [2.75, 3.05) is 0 Å². The molecule has 23 heavy (non-hydrogen) atoms. The Hall–Kier alpha value is -1.99. The maximum atomic E-state index is 13.0. The number of nitrogens with zero attached hydrogens (tertiary/aromatic N) is 3. The van der Waals surface area contributed by atoms with Crippen molar-refractivity contribution in [3.8, 4) is 0 Å². The summed E-state index contributed by atoms with van der Waals surface area (Å²) in [4.78, 5) is 27.8. The molecule has 0 saturated carbocycles. The second-order valence-electron chi connectivity index (χ2n) is 5.69. The lowest BCUT2D eigenvalue weighted by molar-refractivity contribution is -0.132. The van der Waals surface area contributed by atoms with Crippen LogP contribution in [0.15, 0.2) is 23.6 Å². The molecule has 1 fully saturated rings. The predicted octanol–water partition coefficient (Wildman–Crippen LogP) is 2.48. The number of rotatable bonds is 2. The van der Waals surface area contributed by atoms with Gasteiger partial charge in [0, 0.05) is 10.4 Å². The second-order valence-corrected chi connectivity index (χ2v) is 7.07. The summed E-state index contributed by atoms with van der Waals surface area (Å²) >= 11 is 7.35. The zero-order valence-electron chi connectivity index (χ0n) is 12.1. The van der Waals surface area contributed by atoms with Crippen LogP contribution < -0.4 is 5.32 Å². The summed E-state index contributed by atoms with van der Waals surface area (Å²) in [6.07, 6.45) is 2.47. The number of hydrogen-bond acceptors (Lipinski definition) is 5. The maximum Gasteiger partial charge on any atom is 0.325 e. The van der Waals surface area contributed by atoms with Gasteiger partial charge in [0.2, 0.25) is 0 Å². The molecular weight excluding hydrogens is 336 g/mol. The van der Waals surface area contributed by atoms with Gasteiger partial charge in [0.15, 0.2) is 5.15 Å². The number of urea groups is 1. The monoisotopic (exact) mass is 348 g/mol. The number of aromatic nitrogens is 2. The Morgan fingerprint density at radius 2 is 2.17 bits per heavy atom. The van der Waals surface area contributed by atoms with Crippen molar-refractivity contribution in [1.82, 2.24) is 20.4 Å². The van der Waals surface area contributed by atoms with Gasteiger partial charge in [-0.3, -0.25) is 9.69 Å². The maximum absolute atomic E-state index is 13.0. The topological polar surface area (TPSA) is 75.2 Å². The van der Waals surface area contributed by atoms with E-state index in [0.717, 1.165) is 18.4 Å². The average Bonchev–Trinajstić information content (AvgIpc) is 3.10. The van der Waals surface area contributed by atoms with Crippen LogP contribution in [-0.2, 0) is 23.3 Å². The van der Waals surface area contributed by atoms with Gasteiger partial charge in [0.25, 0.3) is 5.91 Å². The molecular formula is C15H13ClN4O2S. The Kier molecular flexibility index (Phi) is 3.35. The number of amides is 3. The van der Waals surface area contributed by atoms with Crippen LogP contribution in [0.2, 0.25) is 5.15 Å². The third-order valence-corrected chi connectivity index (χ3v) is 5.53. The van der Waals surface area contributed by atoms with Gasteiger partial charge in [-0.25, -0.2) is 4.79 Å². The SMILES string of the molecule is O=C1NC2(CCCc3sccc32)C(=O)N1Cc1ccc(Cl)nn1. The minimum Gasteiger partial charge on any atom is -0.319 e. The first-order valence-corrected chi connectivity index (χ1v) is 8.55. The normalized spacial score (nSPS) is 23.3. The van der Waals surface area contributed by atoms with E-state index in [-0.39, 0.29) is 23.6 Å². The molecule has 4 rings (SSSR count). The molecule has 1 aliphatic carbocycles. The smallest absolute Gasteiger partial charge is 0.319 e. The van der Waals surface area contributed by atoms with E-state index < -0.39 is 5.54 Å². The zero-order chi connectivity index (χ0) is 16.0. The van der Waals surface area contributed by atoms with E-state index in [1.807, 2.05) is 11.4 Å². The van der Waals surface area contributed by atoms with Crippen LogP contribution in [0.5, 0.6) is 0 Å². The number of carbonyl (C=O) groups is 2. The Morgan fingerprint density at radius 3 is 2.96 bits per heavy atom. The molecule has 1 unspecified atom stereocenters. The lowest BCUT2D eigenvalue weighted by Crippen LogP contribution is -2.46. The minimum absolute atomic E-state index is 0.0933. The lowest BCUT2D eigenvalue weighted by atomic mass is 9.80. The highest BCUT2D eigenvalue weighted by Gasteiger charge is 2.54. The van der Waals surface area contributed by atoms with Gasteiger partial charge in [-0.15, -0.1) is 16.4 Å². The summed E-state index contributed by atoms with van der Waals surface area (Å²) in [6, 6.07) is 4.82. The molecule has 1 atom stereocenters. The van der Waals surface area contributed by atoms with Gasteiger partial charge in [-0.2, -0.15) is 5.10 Å². The number of aryl methyl sites for hydroxylation is 1. The first-order valence-electron chi connectivity index (χ1n) is 7.29. The molecule has 118 valence electrons. The van der Waals surface area contributed by atoms with E-state index in [1.165, 1.54) is 9.78 Å². The van der Waals surface area contributed by atoms with Crippen LogP contribution in [0, 0.1) is 0 Å². The van der Waals surface area contributed by atoms with Gasteiger partial charge in [-0.05, 0) is 42.8 Å². The van der Waals surface area contributed by atoms with Crippen LogP contribution in [0.1, 0.15) is 29.0 Å². The fourth-order valence-corrected chi connectivity index (χ4v) is 4.38. The third-order valence-electron chi connectivity index (χ3n) is 4.34. The number of halogens is 1. The summed E-state index contributed by atoms with van der Waals surface area (Å²) in [5.74, 6) is -0.210. The van der Waals surface area contributed by atoms with Gasteiger partial charge in [0.1, 0.15) is 5.54 Å². The van der Waals surface area contributed by atoms with Crippen LogP contribution in [0.25, 0.3) is 0 Å². The van der Waals surface area contributed by atoms with Crippen molar-refractivity contribution in [3.63, 3.8) is 0 Å². The average molecular weight is 349 g/mol. The Morgan fingerprint density at radius 1 is 1.30 bits per heavy atom. The fourth-order valence-electron chi connectivity index (χ4n) is 3.27. The molecule has 2 aliphatic rings. The first-order chi connectivity index (χ1) is 11.1. The number of thiophene rings is 1. The summed E-state index contributed by atoms with van der Waals surface area (Å²) < 4.78 is 0. The molecule has 8 heteroatoms. The fraction of sp³-hybridized carbons (Fsp3) is 0.333. The van der Waals surface area contributed by atoms with Gasteiger partial charge < -0.3 is 5.32 Å². The van der Waals surface area contributed by atoms with Crippen LogP contribution in [-0.4, -0.2) is 27.0 Å². The minimum atomic E-state index is -0.912. The number of imide groups is 1. The summed E-state index contributed by atoms with van der Waals surface area (Å²) in [6.45, 7) is 0.0933. The predicted molar refractivity (Wildman–Crippen MR) is 85.1 cm³/mol. The summed E-state index contributed by atoms with van der Waals surface area (Å²) in [5, 5.41) is 12.8. The molecule has 2 aromatic rings. The van der Waals surface area contributed by atoms with E-state index in [2.05, 4.69) is 15.5 Å². The standard InChI is InChI=1S/C15H13ClN4O2S/c16-12-4-3-9(18-19-12)8-20-13(21)15(17-14(20)22)6-1-2-11-10(15)5-7-23-11/h3-5,7H,1-2,6,8H2,(H,17,22). The Labute approximate surface area is 141 Å². The number of carbonyl (C=O) groups excluding carboxylic acids is 2. The second kappa shape index (κ2) is 5.28. The quantitative estimate of drug-likeness (QED) is 0.846. The molecule has 3 amide bonds. The van der Waals surface area contributed by atoms with Crippen LogP contribution in [0.4, 0.5) is 4.79 Å². The molecule has 2 aromatic heterocycles. The van der Waals surface area contributed by atoms with Crippen molar-refractivity contribution >= 4 is 34.9 Å². The lowest BCUT2D eigenvalue weighted by Gasteiger charge is -2.31. The van der Waals surface area contributed by atoms with E-state index >= 15 is 0 Å².